The third-order valence-corrected chi connectivity index (χ3v) is 4.54. The van der Waals surface area contributed by atoms with Gasteiger partial charge in [-0.15, -0.1) is 0 Å². The van der Waals surface area contributed by atoms with Crippen LogP contribution in [0.25, 0.3) is 0 Å². The minimum atomic E-state index is -0.160. The number of nitrogens with zero attached hydrogens (tertiary/aromatic N) is 1. The molecule has 158 valence electrons. The zero-order valence-corrected chi connectivity index (χ0v) is 18.1. The summed E-state index contributed by atoms with van der Waals surface area (Å²) in [6, 6.07) is 3.83. The molecule has 0 radical (unpaired) electrons. The minimum absolute atomic E-state index is 0.160. The Kier molecular flexibility index (Phi) is 10.5. The van der Waals surface area contributed by atoms with Gasteiger partial charge in [-0.05, 0) is 50.4 Å². The third kappa shape index (κ3) is 8.25. The van der Waals surface area contributed by atoms with Gasteiger partial charge < -0.3 is 19.8 Å². The average molecular weight is 430 g/mol. The monoisotopic (exact) mass is 429 g/mol. The van der Waals surface area contributed by atoms with Crippen molar-refractivity contribution in [1.82, 2.24) is 37.2 Å². The molecule has 1 atom stereocenters. The number of furan rings is 1. The van der Waals surface area contributed by atoms with Crippen LogP contribution in [-0.2, 0) is 11.3 Å². The summed E-state index contributed by atoms with van der Waals surface area (Å²) in [4.78, 5) is 2.32. The molecule has 2 heterocycles. The lowest BCUT2D eigenvalue weighted by Gasteiger charge is -2.25. The van der Waals surface area contributed by atoms with E-state index in [1.54, 1.807) is 0 Å². The molecule has 1 aromatic heterocycles. The average Bonchev–Trinajstić information content (AvgIpc) is 3.14. The summed E-state index contributed by atoms with van der Waals surface area (Å²) in [5.41, 5.74) is 12.3. The van der Waals surface area contributed by atoms with Crippen molar-refractivity contribution in [2.75, 3.05) is 45.9 Å². The van der Waals surface area contributed by atoms with Crippen LogP contribution in [0.5, 0.6) is 0 Å². The van der Waals surface area contributed by atoms with E-state index >= 15 is 0 Å². The topological polar surface area (TPSA) is 97.8 Å². The molecule has 6 N–H and O–H groups in total. The fourth-order valence-corrected chi connectivity index (χ4v) is 3.08. The predicted molar refractivity (Wildman–Crippen MR) is 118 cm³/mol. The first kappa shape index (κ1) is 22.8. The maximum Gasteiger partial charge on any atom is 0.180 e. The van der Waals surface area contributed by atoms with Crippen LogP contribution in [0.3, 0.4) is 0 Å². The lowest BCUT2D eigenvalue weighted by molar-refractivity contribution is 0.0311. The maximum atomic E-state index is 6.08. The van der Waals surface area contributed by atoms with E-state index < -0.39 is 0 Å². The summed E-state index contributed by atoms with van der Waals surface area (Å²) < 4.78 is 11.5. The van der Waals surface area contributed by atoms with E-state index in [2.05, 4.69) is 37.2 Å². The molecule has 1 fully saturated rings. The molecule has 0 aromatic carbocycles. The molecule has 0 spiro atoms. The summed E-state index contributed by atoms with van der Waals surface area (Å²) in [6.07, 6.45) is 0. The molecule has 2 rings (SSSR count). The molecule has 11 heteroatoms. The van der Waals surface area contributed by atoms with Gasteiger partial charge in [0, 0.05) is 32.7 Å². The zero-order chi connectivity index (χ0) is 20.2. The Labute approximate surface area is 177 Å². The first-order valence-corrected chi connectivity index (χ1v) is 10.4. The van der Waals surface area contributed by atoms with Crippen molar-refractivity contribution >= 4 is 34.7 Å². The Balaban J connectivity index is 1.92. The van der Waals surface area contributed by atoms with E-state index in [0.717, 1.165) is 57.5 Å². The molecule has 1 aliphatic rings. The zero-order valence-electron chi connectivity index (χ0n) is 16.5. The molecule has 28 heavy (non-hydrogen) atoms. The molecule has 1 unspecified atom stereocenters. The highest BCUT2D eigenvalue weighted by atomic mass is 32.1. The Bertz CT molecular complexity index is 608. The van der Waals surface area contributed by atoms with Gasteiger partial charge in [-0.1, -0.05) is 0 Å². The Morgan fingerprint density at radius 1 is 1.07 bits per heavy atom. The normalized spacial score (nSPS) is 15.6. The van der Waals surface area contributed by atoms with Crippen molar-refractivity contribution in [3.8, 4) is 0 Å². The number of hydrogen-bond donors (Lipinski definition) is 6. The highest BCUT2D eigenvalue weighted by Crippen LogP contribution is 2.17. The highest BCUT2D eigenvalue weighted by Gasteiger charge is 2.18. The largest absolute Gasteiger partial charge is 0.463 e. The molecule has 0 bridgehead atoms. The summed E-state index contributed by atoms with van der Waals surface area (Å²) in [5.74, 6) is 1.73. The van der Waals surface area contributed by atoms with Crippen LogP contribution >= 0.6 is 24.4 Å². The van der Waals surface area contributed by atoms with Crippen LogP contribution in [-0.4, -0.2) is 61.1 Å². The summed E-state index contributed by atoms with van der Waals surface area (Å²) in [7, 11) is 0. The van der Waals surface area contributed by atoms with Gasteiger partial charge in [-0.3, -0.25) is 15.8 Å². The van der Waals surface area contributed by atoms with Gasteiger partial charge in [-0.25, -0.2) is 10.9 Å². The Morgan fingerprint density at radius 2 is 1.75 bits per heavy atom. The first-order valence-electron chi connectivity index (χ1n) is 9.57. The predicted octanol–water partition coefficient (Wildman–Crippen LogP) is 0.130. The fraction of sp³-hybridized carbons (Fsp3) is 0.647. The van der Waals surface area contributed by atoms with Crippen molar-refractivity contribution in [1.29, 1.82) is 0 Å². The van der Waals surface area contributed by atoms with Crippen LogP contribution in [0.2, 0.25) is 0 Å². The van der Waals surface area contributed by atoms with E-state index in [0.29, 0.717) is 16.8 Å². The molecule has 0 amide bonds. The highest BCUT2D eigenvalue weighted by molar-refractivity contribution is 7.80. The Hall–Kier alpha value is -1.50. The number of ether oxygens (including phenoxy) is 1. The number of thiocarbonyl (C=S) groups is 2. The van der Waals surface area contributed by atoms with Gasteiger partial charge in [0.15, 0.2) is 10.2 Å². The van der Waals surface area contributed by atoms with Gasteiger partial charge in [0.05, 0.1) is 25.8 Å². The van der Waals surface area contributed by atoms with E-state index in [1.807, 2.05) is 26.0 Å². The number of nitrogens with one attached hydrogen (secondary N) is 6. The molecular formula is C17H31N7O2S2. The van der Waals surface area contributed by atoms with Gasteiger partial charge in [0.1, 0.15) is 11.5 Å². The SMILES string of the molecule is CCNC(=S)NNCC(NNC(=S)NCC)c1ccc(CN2CCOCC2)o1. The van der Waals surface area contributed by atoms with Crippen molar-refractivity contribution in [3.05, 3.63) is 23.7 Å². The van der Waals surface area contributed by atoms with Crippen LogP contribution in [0.15, 0.2) is 16.5 Å². The lowest BCUT2D eigenvalue weighted by atomic mass is 10.2. The summed E-state index contributed by atoms with van der Waals surface area (Å²) in [5, 5.41) is 7.15. The summed E-state index contributed by atoms with van der Waals surface area (Å²) >= 11 is 10.4. The van der Waals surface area contributed by atoms with Gasteiger partial charge in [-0.2, -0.15) is 0 Å². The molecule has 1 aromatic rings. The van der Waals surface area contributed by atoms with Crippen molar-refractivity contribution in [3.63, 3.8) is 0 Å². The molecule has 1 aliphatic heterocycles. The summed E-state index contributed by atoms with van der Waals surface area (Å²) in [6.45, 7) is 10.2. The second-order valence-electron chi connectivity index (χ2n) is 6.24. The Morgan fingerprint density at radius 3 is 2.43 bits per heavy atom. The van der Waals surface area contributed by atoms with Gasteiger partial charge in [0.2, 0.25) is 0 Å². The number of morpholine rings is 1. The van der Waals surface area contributed by atoms with Crippen molar-refractivity contribution in [2.24, 2.45) is 0 Å². The van der Waals surface area contributed by atoms with Crippen molar-refractivity contribution in [2.45, 2.75) is 26.4 Å². The minimum Gasteiger partial charge on any atom is -0.463 e. The third-order valence-electron chi connectivity index (χ3n) is 4.05. The van der Waals surface area contributed by atoms with Crippen LogP contribution < -0.4 is 32.3 Å². The number of hydrazine groups is 2. The smallest absolute Gasteiger partial charge is 0.180 e. The van der Waals surface area contributed by atoms with Crippen LogP contribution in [0, 0.1) is 0 Å². The lowest BCUT2D eigenvalue weighted by Crippen LogP contribution is -2.51. The molecule has 9 nitrogen and oxygen atoms in total. The van der Waals surface area contributed by atoms with Gasteiger partial charge >= 0.3 is 0 Å². The molecular weight excluding hydrogens is 398 g/mol. The fourth-order valence-electron chi connectivity index (χ4n) is 2.66. The number of hydrogen-bond acceptors (Lipinski definition) is 7. The van der Waals surface area contributed by atoms with E-state index in [9.17, 15) is 0 Å². The van der Waals surface area contributed by atoms with Crippen LogP contribution in [0.4, 0.5) is 0 Å². The standard InChI is InChI=1S/C17H31N7O2S2/c1-3-18-16(27)22-20-11-14(21-23-17(28)19-4-2)15-6-5-13(26-15)12-24-7-9-25-10-8-24/h5-6,14,20-21H,3-4,7-12H2,1-2H3,(H2,18,22,27)(H2,19,23,28). The quantitative estimate of drug-likeness (QED) is 0.226. The van der Waals surface area contributed by atoms with E-state index in [1.165, 1.54) is 0 Å². The molecule has 0 saturated carbocycles. The second kappa shape index (κ2) is 12.9. The van der Waals surface area contributed by atoms with Gasteiger partial charge in [0.25, 0.3) is 0 Å². The van der Waals surface area contributed by atoms with E-state index in [-0.39, 0.29) is 6.04 Å². The van der Waals surface area contributed by atoms with E-state index in [4.69, 9.17) is 33.6 Å². The molecule has 1 saturated heterocycles. The second-order valence-corrected chi connectivity index (χ2v) is 7.06. The molecule has 0 aliphatic carbocycles. The van der Waals surface area contributed by atoms with Crippen molar-refractivity contribution < 1.29 is 9.15 Å². The first-order chi connectivity index (χ1) is 13.6. The maximum absolute atomic E-state index is 6.08. The number of rotatable bonds is 10. The van der Waals surface area contributed by atoms with Crippen LogP contribution in [0.1, 0.15) is 31.4 Å².